The minimum atomic E-state index is -3.83. The van der Waals surface area contributed by atoms with Gasteiger partial charge in [-0.15, -0.1) is 0 Å². The average molecular weight is 503 g/mol. The largest absolute Gasteiger partial charge is 0.298 e. The summed E-state index contributed by atoms with van der Waals surface area (Å²) in [6.45, 7) is 8.65. The van der Waals surface area contributed by atoms with E-state index in [0.29, 0.717) is 21.5 Å². The summed E-state index contributed by atoms with van der Waals surface area (Å²) in [5.41, 5.74) is 2.17. The normalized spacial score (nSPS) is 16.6. The van der Waals surface area contributed by atoms with Gasteiger partial charge >= 0.3 is 0 Å². The van der Waals surface area contributed by atoms with E-state index in [1.54, 1.807) is 30.3 Å². The second kappa shape index (κ2) is 8.19. The van der Waals surface area contributed by atoms with Gasteiger partial charge in [-0.2, -0.15) is 0 Å². The van der Waals surface area contributed by atoms with Crippen molar-refractivity contribution in [3.05, 3.63) is 64.3 Å². The first-order valence-corrected chi connectivity index (χ1v) is 12.7. The minimum Gasteiger partial charge on any atom is -0.298 e. The highest BCUT2D eigenvalue weighted by Gasteiger charge is 2.30. The van der Waals surface area contributed by atoms with Crippen molar-refractivity contribution in [3.8, 4) is 0 Å². The van der Waals surface area contributed by atoms with Gasteiger partial charge in [0.2, 0.25) is 0 Å². The predicted octanol–water partition coefficient (Wildman–Crippen LogP) is 5.43. The van der Waals surface area contributed by atoms with Crippen molar-refractivity contribution in [2.24, 2.45) is 0 Å². The number of carbonyl (C=O) groups is 1. The Kier molecular flexibility index (Phi) is 5.87. The Bertz CT molecular complexity index is 1230. The zero-order valence-electron chi connectivity index (χ0n) is 18.0. The summed E-state index contributed by atoms with van der Waals surface area (Å²) in [6.07, 6.45) is 4.20. The molecule has 1 aliphatic rings. The van der Waals surface area contributed by atoms with Crippen LogP contribution in [0.5, 0.6) is 0 Å². The van der Waals surface area contributed by atoms with E-state index in [0.717, 1.165) is 43.2 Å². The Morgan fingerprint density at radius 1 is 1.06 bits per heavy atom. The molecule has 0 saturated carbocycles. The van der Waals surface area contributed by atoms with Gasteiger partial charge in [0, 0.05) is 27.2 Å². The van der Waals surface area contributed by atoms with Crippen molar-refractivity contribution >= 4 is 43.1 Å². The van der Waals surface area contributed by atoms with Crippen LogP contribution in [0.15, 0.2) is 58.0 Å². The monoisotopic (exact) mass is 502 g/mol. The van der Waals surface area contributed by atoms with Crippen molar-refractivity contribution in [1.82, 2.24) is 8.87 Å². The summed E-state index contributed by atoms with van der Waals surface area (Å²) < 4.78 is 28.7. The first kappa shape index (κ1) is 22.2. The molecule has 0 unspecified atom stereocenters. The van der Waals surface area contributed by atoms with Crippen LogP contribution in [-0.2, 0) is 10.0 Å². The Labute approximate surface area is 192 Å². The van der Waals surface area contributed by atoms with Gasteiger partial charge in [-0.3, -0.25) is 9.69 Å². The molecule has 1 aliphatic heterocycles. The van der Waals surface area contributed by atoms with Crippen molar-refractivity contribution in [1.29, 1.82) is 0 Å². The van der Waals surface area contributed by atoms with Crippen LogP contribution in [0.3, 0.4) is 0 Å². The van der Waals surface area contributed by atoms with E-state index in [-0.39, 0.29) is 10.4 Å². The molecule has 31 heavy (non-hydrogen) atoms. The number of rotatable bonds is 4. The molecule has 0 radical (unpaired) electrons. The molecule has 164 valence electrons. The Morgan fingerprint density at radius 2 is 1.74 bits per heavy atom. The first-order valence-electron chi connectivity index (χ1n) is 10.5. The zero-order chi connectivity index (χ0) is 22.4. The molecule has 2 heterocycles. The van der Waals surface area contributed by atoms with E-state index in [1.807, 2.05) is 12.1 Å². The third-order valence-corrected chi connectivity index (χ3v) is 8.38. The number of likely N-dealkylation sites (tertiary alicyclic amines) is 1. The molecule has 7 heteroatoms. The quantitative estimate of drug-likeness (QED) is 0.446. The Morgan fingerprint density at radius 3 is 2.35 bits per heavy atom. The third-order valence-electron chi connectivity index (χ3n) is 6.22. The van der Waals surface area contributed by atoms with Gasteiger partial charge in [-0.25, -0.2) is 12.4 Å². The zero-order valence-corrected chi connectivity index (χ0v) is 20.4. The van der Waals surface area contributed by atoms with Crippen molar-refractivity contribution in [2.45, 2.75) is 50.0 Å². The van der Waals surface area contributed by atoms with E-state index in [4.69, 9.17) is 0 Å². The number of nitrogens with zero attached hydrogens (tertiary/aromatic N) is 2. The lowest BCUT2D eigenvalue weighted by Gasteiger charge is -2.41. The lowest BCUT2D eigenvalue weighted by atomic mass is 9.85. The molecule has 5 nitrogen and oxygen atoms in total. The van der Waals surface area contributed by atoms with Crippen molar-refractivity contribution in [2.75, 3.05) is 13.1 Å². The molecule has 0 atom stereocenters. The summed E-state index contributed by atoms with van der Waals surface area (Å²) in [6, 6.07) is 12.3. The second-order valence-electron chi connectivity index (χ2n) is 9.13. The van der Waals surface area contributed by atoms with Crippen LogP contribution in [0.1, 0.15) is 55.5 Å². The number of carbonyl (C=O) groups excluding carboxylic acids is 1. The minimum absolute atomic E-state index is 0.131. The van der Waals surface area contributed by atoms with Gasteiger partial charge in [0.05, 0.1) is 10.4 Å². The maximum absolute atomic E-state index is 13.4. The lowest BCUT2D eigenvalue weighted by molar-refractivity contribution is 0.102. The molecule has 4 rings (SSSR count). The van der Waals surface area contributed by atoms with Crippen molar-refractivity contribution < 1.29 is 13.2 Å². The lowest BCUT2D eigenvalue weighted by Crippen LogP contribution is -2.45. The molecular weight excluding hydrogens is 476 g/mol. The van der Waals surface area contributed by atoms with E-state index >= 15 is 0 Å². The smallest absolute Gasteiger partial charge is 0.268 e. The fourth-order valence-corrected chi connectivity index (χ4v) is 6.51. The fraction of sp³-hybridized carbons (Fsp3) is 0.375. The Balaban J connectivity index is 1.80. The molecular formula is C24H27BrN2O3S. The second-order valence-corrected chi connectivity index (χ2v) is 11.9. The summed E-state index contributed by atoms with van der Waals surface area (Å²) in [5, 5.41) is 0.755. The molecule has 1 fully saturated rings. The highest BCUT2D eigenvalue weighted by atomic mass is 79.9. The fourth-order valence-electron chi connectivity index (χ4n) is 4.55. The number of piperidine rings is 1. The van der Waals surface area contributed by atoms with E-state index in [9.17, 15) is 13.2 Å². The molecule has 0 spiro atoms. The maximum Gasteiger partial charge on any atom is 0.268 e. The number of fused-ring (bicyclic) bond motifs is 1. The standard InChI is InChI=1S/C24H27BrN2O3S/c1-24(2,3)26-12-10-17(11-13-26)21-8-5-9-22-23(21)18(16-28)15-27(22)31(29,30)20-7-4-6-19(25)14-20/h4-9,14-17H,10-13H2,1-3H3. The summed E-state index contributed by atoms with van der Waals surface area (Å²) in [5.74, 6) is 0.297. The Hall–Kier alpha value is -1.96. The molecule has 2 aromatic carbocycles. The highest BCUT2D eigenvalue weighted by Crippen LogP contribution is 2.37. The number of aromatic nitrogens is 1. The number of hydrogen-bond donors (Lipinski definition) is 0. The van der Waals surface area contributed by atoms with Crippen LogP contribution in [0.2, 0.25) is 0 Å². The average Bonchev–Trinajstić information content (AvgIpc) is 3.13. The van der Waals surface area contributed by atoms with E-state index in [1.165, 1.54) is 10.2 Å². The van der Waals surface area contributed by atoms with Gasteiger partial charge in [0.15, 0.2) is 6.29 Å². The van der Waals surface area contributed by atoms with E-state index in [2.05, 4.69) is 41.6 Å². The van der Waals surface area contributed by atoms with Gasteiger partial charge < -0.3 is 0 Å². The highest BCUT2D eigenvalue weighted by molar-refractivity contribution is 9.10. The third kappa shape index (κ3) is 4.11. The van der Waals surface area contributed by atoms with Crippen LogP contribution in [0, 0.1) is 0 Å². The number of benzene rings is 2. The van der Waals surface area contributed by atoms with Gasteiger partial charge in [-0.1, -0.05) is 34.1 Å². The van der Waals surface area contributed by atoms with Gasteiger partial charge in [0.25, 0.3) is 10.0 Å². The van der Waals surface area contributed by atoms with Crippen LogP contribution in [-0.4, -0.2) is 42.2 Å². The van der Waals surface area contributed by atoms with Crippen molar-refractivity contribution in [3.63, 3.8) is 0 Å². The van der Waals surface area contributed by atoms with Gasteiger partial charge in [0.1, 0.15) is 0 Å². The summed E-state index contributed by atoms with van der Waals surface area (Å²) in [7, 11) is -3.83. The van der Waals surface area contributed by atoms with E-state index < -0.39 is 10.0 Å². The van der Waals surface area contributed by atoms with Gasteiger partial charge in [-0.05, 0) is 82.4 Å². The van der Waals surface area contributed by atoms with Crippen LogP contribution in [0.25, 0.3) is 10.9 Å². The first-order chi connectivity index (χ1) is 14.6. The SMILES string of the molecule is CC(C)(C)N1CCC(c2cccc3c2c(C=O)cn3S(=O)(=O)c2cccc(Br)c2)CC1. The molecule has 0 N–H and O–H groups in total. The molecule has 0 bridgehead atoms. The number of hydrogen-bond acceptors (Lipinski definition) is 4. The van der Waals surface area contributed by atoms with Crippen LogP contribution < -0.4 is 0 Å². The topological polar surface area (TPSA) is 59.4 Å². The maximum atomic E-state index is 13.4. The molecule has 1 saturated heterocycles. The molecule has 0 amide bonds. The summed E-state index contributed by atoms with van der Waals surface area (Å²) >= 11 is 3.34. The molecule has 3 aromatic rings. The summed E-state index contributed by atoms with van der Waals surface area (Å²) in [4.78, 5) is 14.6. The van der Waals surface area contributed by atoms with Crippen LogP contribution in [0.4, 0.5) is 0 Å². The molecule has 0 aliphatic carbocycles. The number of halogens is 1. The molecule has 1 aromatic heterocycles. The predicted molar refractivity (Wildman–Crippen MR) is 127 cm³/mol. The number of aldehydes is 1. The van der Waals surface area contributed by atoms with Crippen LogP contribution >= 0.6 is 15.9 Å².